The lowest BCUT2D eigenvalue weighted by atomic mass is 10.2. The smallest absolute Gasteiger partial charge is 0.317 e. The average molecular weight is 307 g/mol. The zero-order chi connectivity index (χ0) is 15.2. The number of amides is 1. The van der Waals surface area contributed by atoms with Gasteiger partial charge in [0.25, 0.3) is 0 Å². The number of nitrogens with zero attached hydrogens (tertiary/aromatic N) is 2. The predicted octanol–water partition coefficient (Wildman–Crippen LogP) is 1.09. The highest BCUT2D eigenvalue weighted by Gasteiger charge is 2.29. The van der Waals surface area contributed by atoms with Crippen LogP contribution in [-0.2, 0) is 9.59 Å². The molecule has 0 aromatic heterocycles. The molecule has 1 fully saturated rings. The van der Waals surface area contributed by atoms with Gasteiger partial charge in [0.1, 0.15) is 11.0 Å². The number of thioether (sulfide) groups is 1. The van der Waals surface area contributed by atoms with Crippen LogP contribution in [0.25, 0.3) is 0 Å². The van der Waals surface area contributed by atoms with Crippen molar-refractivity contribution >= 4 is 35.0 Å². The van der Waals surface area contributed by atoms with E-state index in [2.05, 4.69) is 15.5 Å². The fourth-order valence-electron chi connectivity index (χ4n) is 1.60. The SMILES string of the molecule is COc1cccc(/C=N/N=C2/NC(=O)CC(C(=O)O)S2)c1. The number of rotatable bonds is 4. The standard InChI is InChI=1S/C13H13N3O4S/c1-20-9-4-2-3-8(5-9)7-14-16-13-15-11(17)6-10(21-13)12(18)19/h2-5,7,10H,6H2,1H3,(H,18,19)(H,15,16,17)/b14-7+. The number of carboxylic acid groups (broad SMARTS) is 1. The van der Waals surface area contributed by atoms with Gasteiger partial charge in [-0.1, -0.05) is 23.9 Å². The lowest BCUT2D eigenvalue weighted by molar-refractivity contribution is -0.138. The first kappa shape index (κ1) is 15.0. The second-order valence-corrected chi connectivity index (χ2v) is 5.31. The Morgan fingerprint density at radius 1 is 1.57 bits per heavy atom. The summed E-state index contributed by atoms with van der Waals surface area (Å²) in [6.07, 6.45) is 1.42. The molecule has 0 saturated carbocycles. The normalized spacial score (nSPS) is 20.5. The molecular weight excluding hydrogens is 294 g/mol. The Morgan fingerprint density at radius 2 is 2.38 bits per heavy atom. The fourth-order valence-corrected chi connectivity index (χ4v) is 2.47. The van der Waals surface area contributed by atoms with Crippen LogP contribution in [0.1, 0.15) is 12.0 Å². The highest BCUT2D eigenvalue weighted by molar-refractivity contribution is 8.15. The molecule has 1 saturated heterocycles. The first-order chi connectivity index (χ1) is 10.1. The van der Waals surface area contributed by atoms with Crippen LogP contribution in [0.5, 0.6) is 5.75 Å². The van der Waals surface area contributed by atoms with E-state index in [9.17, 15) is 9.59 Å². The molecule has 0 radical (unpaired) electrons. The van der Waals surface area contributed by atoms with Crippen LogP contribution in [0.4, 0.5) is 0 Å². The molecule has 1 aliphatic heterocycles. The summed E-state index contributed by atoms with van der Waals surface area (Å²) in [4.78, 5) is 22.3. The van der Waals surface area contributed by atoms with Crippen LogP contribution in [-0.4, -0.2) is 40.7 Å². The van der Waals surface area contributed by atoms with Gasteiger partial charge < -0.3 is 15.2 Å². The van der Waals surface area contributed by atoms with Crippen molar-refractivity contribution in [2.75, 3.05) is 7.11 Å². The Morgan fingerprint density at radius 3 is 3.10 bits per heavy atom. The van der Waals surface area contributed by atoms with Crippen molar-refractivity contribution in [3.05, 3.63) is 29.8 Å². The largest absolute Gasteiger partial charge is 0.497 e. The van der Waals surface area contributed by atoms with Crippen molar-refractivity contribution in [2.45, 2.75) is 11.7 Å². The van der Waals surface area contributed by atoms with Gasteiger partial charge in [0.2, 0.25) is 5.91 Å². The quantitative estimate of drug-likeness (QED) is 0.640. The highest BCUT2D eigenvalue weighted by atomic mass is 32.2. The number of benzene rings is 1. The molecule has 7 nitrogen and oxygen atoms in total. The van der Waals surface area contributed by atoms with Gasteiger partial charge in [-0.15, -0.1) is 5.10 Å². The summed E-state index contributed by atoms with van der Waals surface area (Å²) in [5, 5.41) is 18.4. The van der Waals surface area contributed by atoms with Crippen LogP contribution in [0.15, 0.2) is 34.5 Å². The van der Waals surface area contributed by atoms with Crippen LogP contribution >= 0.6 is 11.8 Å². The van der Waals surface area contributed by atoms with E-state index in [-0.39, 0.29) is 17.5 Å². The summed E-state index contributed by atoms with van der Waals surface area (Å²) in [6, 6.07) is 7.21. The Balaban J connectivity index is 2.06. The highest BCUT2D eigenvalue weighted by Crippen LogP contribution is 2.20. The topological polar surface area (TPSA) is 100 Å². The zero-order valence-electron chi connectivity index (χ0n) is 11.1. The Bertz CT molecular complexity index is 615. The Kier molecular flexibility index (Phi) is 4.94. The van der Waals surface area contributed by atoms with Crippen molar-refractivity contribution < 1.29 is 19.4 Å². The maximum atomic E-state index is 11.4. The predicted molar refractivity (Wildman–Crippen MR) is 79.8 cm³/mol. The van der Waals surface area contributed by atoms with E-state index in [4.69, 9.17) is 9.84 Å². The number of carbonyl (C=O) groups excluding carboxylic acids is 1. The molecule has 110 valence electrons. The van der Waals surface area contributed by atoms with Crippen molar-refractivity contribution in [3.8, 4) is 5.75 Å². The molecule has 1 aromatic carbocycles. The molecule has 8 heteroatoms. The van der Waals surface area contributed by atoms with Gasteiger partial charge in [-0.2, -0.15) is 5.10 Å². The second kappa shape index (κ2) is 6.89. The van der Waals surface area contributed by atoms with E-state index >= 15 is 0 Å². The summed E-state index contributed by atoms with van der Waals surface area (Å²) in [7, 11) is 1.57. The summed E-state index contributed by atoms with van der Waals surface area (Å²) < 4.78 is 5.08. The monoisotopic (exact) mass is 307 g/mol. The summed E-state index contributed by atoms with van der Waals surface area (Å²) in [5.74, 6) is -0.728. The molecule has 1 aliphatic rings. The van der Waals surface area contributed by atoms with Gasteiger partial charge in [-0.05, 0) is 17.7 Å². The molecule has 0 spiro atoms. The van der Waals surface area contributed by atoms with Crippen LogP contribution < -0.4 is 10.1 Å². The number of carboxylic acids is 1. The minimum absolute atomic E-state index is 0.0708. The van der Waals surface area contributed by atoms with Gasteiger partial charge >= 0.3 is 5.97 Å². The minimum Gasteiger partial charge on any atom is -0.497 e. The molecule has 1 amide bonds. The first-order valence-electron chi connectivity index (χ1n) is 6.03. The average Bonchev–Trinajstić information content (AvgIpc) is 2.47. The molecule has 1 atom stereocenters. The third kappa shape index (κ3) is 4.32. The minimum atomic E-state index is -1.04. The molecule has 21 heavy (non-hydrogen) atoms. The molecule has 0 bridgehead atoms. The van der Waals surface area contributed by atoms with E-state index in [1.54, 1.807) is 19.2 Å². The maximum absolute atomic E-state index is 11.4. The number of nitrogens with one attached hydrogen (secondary N) is 1. The van der Waals surface area contributed by atoms with Gasteiger partial charge in [0, 0.05) is 6.42 Å². The molecule has 1 unspecified atom stereocenters. The number of carbonyl (C=O) groups is 2. The van der Waals surface area contributed by atoms with Crippen LogP contribution in [0, 0.1) is 0 Å². The van der Waals surface area contributed by atoms with Gasteiger partial charge in [0.15, 0.2) is 5.17 Å². The number of hydrogen-bond acceptors (Lipinski definition) is 6. The summed E-state index contributed by atoms with van der Waals surface area (Å²) >= 11 is 0.966. The van der Waals surface area contributed by atoms with E-state index in [0.717, 1.165) is 17.3 Å². The van der Waals surface area contributed by atoms with E-state index in [1.165, 1.54) is 6.21 Å². The third-order valence-electron chi connectivity index (χ3n) is 2.60. The van der Waals surface area contributed by atoms with E-state index < -0.39 is 11.2 Å². The molecule has 0 aliphatic carbocycles. The molecular formula is C13H13N3O4S. The molecule has 2 rings (SSSR count). The Hall–Kier alpha value is -2.35. The number of hydrogen-bond donors (Lipinski definition) is 2. The Labute approximate surface area is 125 Å². The van der Waals surface area contributed by atoms with Crippen molar-refractivity contribution in [1.29, 1.82) is 0 Å². The number of aliphatic carboxylic acids is 1. The van der Waals surface area contributed by atoms with E-state index in [1.807, 2.05) is 12.1 Å². The number of amidine groups is 1. The zero-order valence-corrected chi connectivity index (χ0v) is 12.0. The number of methoxy groups -OCH3 is 1. The summed E-state index contributed by atoms with van der Waals surface area (Å²) in [5.41, 5.74) is 0.778. The van der Waals surface area contributed by atoms with Crippen molar-refractivity contribution in [3.63, 3.8) is 0 Å². The van der Waals surface area contributed by atoms with Gasteiger partial charge in [0.05, 0.1) is 13.3 Å². The van der Waals surface area contributed by atoms with Crippen LogP contribution in [0.3, 0.4) is 0 Å². The fraction of sp³-hybridized carbons (Fsp3) is 0.231. The van der Waals surface area contributed by atoms with Crippen LogP contribution in [0.2, 0.25) is 0 Å². The second-order valence-electron chi connectivity index (χ2n) is 4.12. The lowest BCUT2D eigenvalue weighted by Crippen LogP contribution is -2.40. The molecule has 2 N–H and O–H groups in total. The third-order valence-corrected chi connectivity index (χ3v) is 3.66. The maximum Gasteiger partial charge on any atom is 0.317 e. The van der Waals surface area contributed by atoms with Gasteiger partial charge in [-0.25, -0.2) is 0 Å². The lowest BCUT2D eigenvalue weighted by Gasteiger charge is -2.18. The van der Waals surface area contributed by atoms with E-state index in [0.29, 0.717) is 5.75 Å². The molecule has 1 aromatic rings. The first-order valence-corrected chi connectivity index (χ1v) is 6.91. The van der Waals surface area contributed by atoms with Crippen molar-refractivity contribution in [2.24, 2.45) is 10.2 Å². The number of ether oxygens (including phenoxy) is 1. The summed E-state index contributed by atoms with van der Waals surface area (Å²) in [6.45, 7) is 0. The molecule has 1 heterocycles. The van der Waals surface area contributed by atoms with Crippen molar-refractivity contribution in [1.82, 2.24) is 5.32 Å². The van der Waals surface area contributed by atoms with Gasteiger partial charge in [-0.3, -0.25) is 9.59 Å².